The van der Waals surface area contributed by atoms with Crippen LogP contribution in [-0.4, -0.2) is 28.1 Å². The van der Waals surface area contributed by atoms with E-state index in [1.54, 1.807) is 0 Å². The Hall–Kier alpha value is -2.04. The van der Waals surface area contributed by atoms with Gasteiger partial charge in [0.1, 0.15) is 0 Å². The third-order valence-corrected chi connectivity index (χ3v) is 6.94. The smallest absolute Gasteiger partial charge is 0.169 e. The van der Waals surface area contributed by atoms with Crippen molar-refractivity contribution in [3.8, 4) is 0 Å². The van der Waals surface area contributed by atoms with Crippen molar-refractivity contribution in [2.24, 2.45) is 0 Å². The molecule has 0 aliphatic carbocycles. The summed E-state index contributed by atoms with van der Waals surface area (Å²) in [6.45, 7) is 8.51. The maximum atomic E-state index is 6.33. The molecular formula is C26H32ClN3S. The average Bonchev–Trinajstić information content (AvgIpc) is 3.13. The van der Waals surface area contributed by atoms with Gasteiger partial charge in [0.25, 0.3) is 0 Å². The molecule has 2 heterocycles. The van der Waals surface area contributed by atoms with Gasteiger partial charge in [-0.25, -0.2) is 0 Å². The zero-order chi connectivity index (χ0) is 22.0. The van der Waals surface area contributed by atoms with E-state index in [1.165, 1.54) is 40.6 Å². The largest absolute Gasteiger partial charge is 0.363 e. The molecule has 2 aromatic carbocycles. The van der Waals surface area contributed by atoms with Crippen LogP contribution in [0.1, 0.15) is 74.4 Å². The van der Waals surface area contributed by atoms with E-state index in [4.69, 9.17) is 23.8 Å². The summed E-state index contributed by atoms with van der Waals surface area (Å²) in [6, 6.07) is 15.2. The highest BCUT2D eigenvalue weighted by Gasteiger charge is 2.33. The molecule has 0 saturated carbocycles. The van der Waals surface area contributed by atoms with Crippen LogP contribution in [0.15, 0.2) is 42.5 Å². The Morgan fingerprint density at radius 3 is 2.68 bits per heavy atom. The molecule has 1 aliphatic heterocycles. The van der Waals surface area contributed by atoms with Crippen LogP contribution >= 0.6 is 23.8 Å². The van der Waals surface area contributed by atoms with Crippen molar-refractivity contribution >= 4 is 39.8 Å². The lowest BCUT2D eigenvalue weighted by molar-refractivity contribution is 0.329. The van der Waals surface area contributed by atoms with Crippen molar-refractivity contribution in [1.82, 2.24) is 15.2 Å². The summed E-state index contributed by atoms with van der Waals surface area (Å²) in [5, 5.41) is 6.37. The first-order chi connectivity index (χ1) is 15.0. The number of halogens is 1. The average molecular weight is 454 g/mol. The number of rotatable bonds is 6. The molecule has 0 bridgehead atoms. The van der Waals surface area contributed by atoms with Crippen molar-refractivity contribution in [2.75, 3.05) is 13.1 Å². The summed E-state index contributed by atoms with van der Waals surface area (Å²) in [5.74, 6) is 0.517. The van der Waals surface area contributed by atoms with Gasteiger partial charge in [0.2, 0.25) is 0 Å². The standard InChI is InChI=1S/C26H32ClN3S/c1-4-5-6-14-28-26(31)30-15-13-21-22-16-20(27)11-12-23(22)29-24(21)25(30)19-9-7-18(8-10-19)17(2)3/h7-12,16-17,25,29H,4-6,13-15H2,1-3H3,(H,28,31). The molecule has 1 aromatic heterocycles. The Labute approximate surface area is 196 Å². The van der Waals surface area contributed by atoms with E-state index < -0.39 is 0 Å². The lowest BCUT2D eigenvalue weighted by Gasteiger charge is -2.38. The van der Waals surface area contributed by atoms with E-state index in [0.717, 1.165) is 41.6 Å². The number of H-pyrrole nitrogens is 1. The lowest BCUT2D eigenvalue weighted by Crippen LogP contribution is -2.46. The van der Waals surface area contributed by atoms with Crippen molar-refractivity contribution in [1.29, 1.82) is 0 Å². The molecular weight excluding hydrogens is 422 g/mol. The molecule has 31 heavy (non-hydrogen) atoms. The second kappa shape index (κ2) is 9.62. The van der Waals surface area contributed by atoms with Crippen LogP contribution in [0, 0.1) is 0 Å². The molecule has 5 heteroatoms. The van der Waals surface area contributed by atoms with Gasteiger partial charge in [-0.1, -0.05) is 69.5 Å². The van der Waals surface area contributed by atoms with Crippen molar-refractivity contribution < 1.29 is 0 Å². The van der Waals surface area contributed by atoms with Gasteiger partial charge in [0.15, 0.2) is 5.11 Å². The van der Waals surface area contributed by atoms with Gasteiger partial charge >= 0.3 is 0 Å². The SMILES string of the molecule is CCCCCNC(=S)N1CCc2c([nH]c3ccc(Cl)cc23)C1c1ccc(C(C)C)cc1. The van der Waals surface area contributed by atoms with E-state index in [9.17, 15) is 0 Å². The minimum atomic E-state index is 0.0716. The first-order valence-electron chi connectivity index (χ1n) is 11.4. The number of thiocarbonyl (C=S) groups is 1. The maximum Gasteiger partial charge on any atom is 0.169 e. The van der Waals surface area contributed by atoms with Crippen molar-refractivity contribution in [2.45, 2.75) is 58.4 Å². The van der Waals surface area contributed by atoms with Gasteiger partial charge in [0, 0.05) is 34.7 Å². The van der Waals surface area contributed by atoms with Gasteiger partial charge in [-0.3, -0.25) is 0 Å². The fourth-order valence-electron chi connectivity index (χ4n) is 4.56. The normalized spacial score (nSPS) is 16.0. The summed E-state index contributed by atoms with van der Waals surface area (Å²) in [7, 11) is 0. The Morgan fingerprint density at radius 1 is 1.19 bits per heavy atom. The zero-order valence-corrected chi connectivity index (χ0v) is 20.2. The van der Waals surface area contributed by atoms with Crippen LogP contribution in [-0.2, 0) is 6.42 Å². The molecule has 1 aliphatic rings. The van der Waals surface area contributed by atoms with Crippen LogP contribution in [0.25, 0.3) is 10.9 Å². The Bertz CT molecular complexity index is 1050. The summed E-state index contributed by atoms with van der Waals surface area (Å²) < 4.78 is 0. The van der Waals surface area contributed by atoms with E-state index in [1.807, 2.05) is 6.07 Å². The van der Waals surface area contributed by atoms with Crippen LogP contribution in [0.5, 0.6) is 0 Å². The Morgan fingerprint density at radius 2 is 1.97 bits per heavy atom. The number of unbranched alkanes of at least 4 members (excludes halogenated alkanes) is 2. The highest BCUT2D eigenvalue weighted by atomic mass is 35.5. The first-order valence-corrected chi connectivity index (χ1v) is 12.2. The number of aromatic amines is 1. The van der Waals surface area contributed by atoms with Crippen LogP contribution < -0.4 is 5.32 Å². The van der Waals surface area contributed by atoms with Gasteiger partial charge in [-0.05, 0) is 65.9 Å². The van der Waals surface area contributed by atoms with Gasteiger partial charge in [0.05, 0.1) is 6.04 Å². The molecule has 0 fully saturated rings. The summed E-state index contributed by atoms with van der Waals surface area (Å²) in [6.07, 6.45) is 4.54. The van der Waals surface area contributed by atoms with Crippen LogP contribution in [0.2, 0.25) is 5.02 Å². The number of nitrogens with zero attached hydrogens (tertiary/aromatic N) is 1. The van der Waals surface area contributed by atoms with Gasteiger partial charge in [-0.2, -0.15) is 0 Å². The molecule has 3 aromatic rings. The van der Waals surface area contributed by atoms with E-state index in [-0.39, 0.29) is 6.04 Å². The number of nitrogens with one attached hydrogen (secondary N) is 2. The van der Waals surface area contributed by atoms with Crippen molar-refractivity contribution in [3.63, 3.8) is 0 Å². The second-order valence-corrected chi connectivity index (χ2v) is 9.64. The molecule has 3 nitrogen and oxygen atoms in total. The Kier molecular flexibility index (Phi) is 6.88. The molecule has 0 amide bonds. The van der Waals surface area contributed by atoms with Crippen LogP contribution in [0.4, 0.5) is 0 Å². The third-order valence-electron chi connectivity index (χ3n) is 6.33. The molecule has 2 N–H and O–H groups in total. The Balaban J connectivity index is 1.72. The third kappa shape index (κ3) is 4.61. The van der Waals surface area contributed by atoms with Crippen LogP contribution in [0.3, 0.4) is 0 Å². The highest BCUT2D eigenvalue weighted by Crippen LogP contribution is 2.39. The molecule has 1 atom stereocenters. The van der Waals surface area contributed by atoms with Gasteiger partial charge < -0.3 is 15.2 Å². The predicted octanol–water partition coefficient (Wildman–Crippen LogP) is 6.96. The topological polar surface area (TPSA) is 31.1 Å². The summed E-state index contributed by atoms with van der Waals surface area (Å²) in [5.41, 5.74) is 6.36. The fourth-order valence-corrected chi connectivity index (χ4v) is 5.03. The first kappa shape index (κ1) is 22.2. The predicted molar refractivity (Wildman–Crippen MR) is 136 cm³/mol. The number of benzene rings is 2. The number of fused-ring (bicyclic) bond motifs is 3. The molecule has 164 valence electrons. The number of aromatic nitrogens is 1. The van der Waals surface area contributed by atoms with E-state index >= 15 is 0 Å². The fraction of sp³-hybridized carbons (Fsp3) is 0.423. The maximum absolute atomic E-state index is 6.33. The minimum Gasteiger partial charge on any atom is -0.363 e. The quantitative estimate of drug-likeness (QED) is 0.312. The molecule has 0 spiro atoms. The molecule has 4 rings (SSSR count). The molecule has 0 saturated heterocycles. The second-order valence-electron chi connectivity index (χ2n) is 8.81. The molecule has 0 radical (unpaired) electrons. The monoisotopic (exact) mass is 453 g/mol. The molecule has 1 unspecified atom stereocenters. The van der Waals surface area contributed by atoms with Gasteiger partial charge in [-0.15, -0.1) is 0 Å². The number of hydrogen-bond acceptors (Lipinski definition) is 1. The van der Waals surface area contributed by atoms with E-state index in [0.29, 0.717) is 5.92 Å². The lowest BCUT2D eigenvalue weighted by atomic mass is 9.91. The minimum absolute atomic E-state index is 0.0716. The number of hydrogen-bond donors (Lipinski definition) is 2. The van der Waals surface area contributed by atoms with Crippen molar-refractivity contribution in [3.05, 3.63) is 69.9 Å². The van der Waals surface area contributed by atoms with E-state index in [2.05, 4.69) is 72.4 Å². The summed E-state index contributed by atoms with van der Waals surface area (Å²) in [4.78, 5) is 6.05. The highest BCUT2D eigenvalue weighted by molar-refractivity contribution is 7.80. The summed E-state index contributed by atoms with van der Waals surface area (Å²) >= 11 is 12.2. The zero-order valence-electron chi connectivity index (χ0n) is 18.7.